The van der Waals surface area contributed by atoms with Gasteiger partial charge in [0.1, 0.15) is 5.82 Å². The number of rotatable bonds is 5. The van der Waals surface area contributed by atoms with E-state index in [0.29, 0.717) is 5.56 Å². The highest BCUT2D eigenvalue weighted by Crippen LogP contribution is 2.02. The van der Waals surface area contributed by atoms with E-state index in [4.69, 9.17) is 5.14 Å². The average molecular weight is 260 g/mol. The summed E-state index contributed by atoms with van der Waals surface area (Å²) in [6.07, 6.45) is 0.242. The van der Waals surface area contributed by atoms with Gasteiger partial charge in [-0.2, -0.15) is 0 Å². The summed E-state index contributed by atoms with van der Waals surface area (Å²) in [6.45, 7) is 0.201. The van der Waals surface area contributed by atoms with Gasteiger partial charge in [0, 0.05) is 12.1 Å². The quantitative estimate of drug-likeness (QED) is 0.743. The largest absolute Gasteiger partial charge is 0.352 e. The van der Waals surface area contributed by atoms with Gasteiger partial charge in [0.2, 0.25) is 10.0 Å². The van der Waals surface area contributed by atoms with Crippen molar-refractivity contribution < 1.29 is 17.6 Å². The zero-order chi connectivity index (χ0) is 12.9. The third kappa shape index (κ3) is 5.41. The third-order valence-electron chi connectivity index (χ3n) is 2.00. The van der Waals surface area contributed by atoms with Gasteiger partial charge in [0.15, 0.2) is 0 Å². The van der Waals surface area contributed by atoms with E-state index < -0.39 is 15.8 Å². The molecule has 0 spiro atoms. The minimum Gasteiger partial charge on any atom is -0.352 e. The second-order valence-electron chi connectivity index (χ2n) is 3.48. The molecule has 0 atom stereocenters. The van der Waals surface area contributed by atoms with E-state index in [1.54, 1.807) is 0 Å². The fourth-order valence-corrected chi connectivity index (χ4v) is 1.73. The zero-order valence-electron chi connectivity index (χ0n) is 9.02. The van der Waals surface area contributed by atoms with Crippen LogP contribution in [0.3, 0.4) is 0 Å². The lowest BCUT2D eigenvalue weighted by Gasteiger charge is -2.04. The van der Waals surface area contributed by atoms with Crippen LogP contribution in [0.15, 0.2) is 24.3 Å². The summed E-state index contributed by atoms with van der Waals surface area (Å²) in [5.74, 6) is -0.980. The number of sulfonamides is 1. The molecule has 0 unspecified atom stereocenters. The highest BCUT2D eigenvalue weighted by molar-refractivity contribution is 7.89. The number of hydrogen-bond acceptors (Lipinski definition) is 3. The lowest BCUT2D eigenvalue weighted by atomic mass is 10.2. The Labute approximate surface area is 98.9 Å². The predicted molar refractivity (Wildman–Crippen MR) is 61.3 cm³/mol. The van der Waals surface area contributed by atoms with Crippen LogP contribution in [0.25, 0.3) is 0 Å². The molecule has 0 aliphatic rings. The van der Waals surface area contributed by atoms with E-state index >= 15 is 0 Å². The highest BCUT2D eigenvalue weighted by Gasteiger charge is 2.06. The first-order valence-electron chi connectivity index (χ1n) is 4.93. The van der Waals surface area contributed by atoms with Gasteiger partial charge >= 0.3 is 0 Å². The maximum atomic E-state index is 12.6. The van der Waals surface area contributed by atoms with Crippen LogP contribution in [-0.4, -0.2) is 26.6 Å². The highest BCUT2D eigenvalue weighted by atomic mass is 32.2. The lowest BCUT2D eigenvalue weighted by Crippen LogP contribution is -2.27. The number of nitrogens with one attached hydrogen (secondary N) is 1. The normalized spacial score (nSPS) is 11.2. The molecule has 94 valence electrons. The topological polar surface area (TPSA) is 89.3 Å². The molecule has 17 heavy (non-hydrogen) atoms. The van der Waals surface area contributed by atoms with Gasteiger partial charge in [0.25, 0.3) is 5.91 Å². The molecule has 0 saturated carbocycles. The standard InChI is InChI=1S/C10H13FN2O3S/c11-9-4-2-8(3-5-9)10(14)13-6-1-7-17(12,15)16/h2-5H,1,6-7H2,(H,13,14)(H2,12,15,16). The monoisotopic (exact) mass is 260 g/mol. The number of amides is 1. The second-order valence-corrected chi connectivity index (χ2v) is 5.22. The summed E-state index contributed by atoms with van der Waals surface area (Å²) in [5.41, 5.74) is 0.321. The minimum absolute atomic E-state index is 0.184. The van der Waals surface area contributed by atoms with Crippen molar-refractivity contribution >= 4 is 15.9 Å². The zero-order valence-corrected chi connectivity index (χ0v) is 9.84. The van der Waals surface area contributed by atoms with E-state index in [0.717, 1.165) is 0 Å². The summed E-state index contributed by atoms with van der Waals surface area (Å²) < 4.78 is 33.8. The summed E-state index contributed by atoms with van der Waals surface area (Å²) >= 11 is 0. The average Bonchev–Trinajstić information content (AvgIpc) is 2.24. The molecule has 0 aliphatic carbocycles. The van der Waals surface area contributed by atoms with Gasteiger partial charge in [0.05, 0.1) is 5.75 Å². The van der Waals surface area contributed by atoms with E-state index in [-0.39, 0.29) is 24.6 Å². The van der Waals surface area contributed by atoms with E-state index in [1.807, 2.05) is 0 Å². The smallest absolute Gasteiger partial charge is 0.251 e. The van der Waals surface area contributed by atoms with E-state index in [2.05, 4.69) is 5.32 Å². The van der Waals surface area contributed by atoms with Crippen molar-refractivity contribution in [3.05, 3.63) is 35.6 Å². The van der Waals surface area contributed by atoms with Crippen LogP contribution in [0.5, 0.6) is 0 Å². The number of carbonyl (C=O) groups is 1. The van der Waals surface area contributed by atoms with Crippen molar-refractivity contribution in [3.63, 3.8) is 0 Å². The van der Waals surface area contributed by atoms with Gasteiger partial charge in [-0.15, -0.1) is 0 Å². The molecule has 0 bridgehead atoms. The van der Waals surface area contributed by atoms with Crippen molar-refractivity contribution in [2.75, 3.05) is 12.3 Å². The Balaban J connectivity index is 2.38. The van der Waals surface area contributed by atoms with Crippen molar-refractivity contribution in [1.29, 1.82) is 0 Å². The van der Waals surface area contributed by atoms with Crippen LogP contribution >= 0.6 is 0 Å². The molecular formula is C10H13FN2O3S. The SMILES string of the molecule is NS(=O)(=O)CCCNC(=O)c1ccc(F)cc1. The number of carbonyl (C=O) groups excluding carboxylic acids is 1. The maximum absolute atomic E-state index is 12.6. The van der Waals surface area contributed by atoms with Crippen LogP contribution in [0.2, 0.25) is 0 Å². The lowest BCUT2D eigenvalue weighted by molar-refractivity contribution is 0.0953. The summed E-state index contributed by atoms with van der Waals surface area (Å²) in [6, 6.07) is 5.06. The third-order valence-corrected chi connectivity index (χ3v) is 2.86. The number of hydrogen-bond donors (Lipinski definition) is 2. The van der Waals surface area contributed by atoms with Gasteiger partial charge < -0.3 is 5.32 Å². The minimum atomic E-state index is -3.49. The number of benzene rings is 1. The molecule has 0 aliphatic heterocycles. The maximum Gasteiger partial charge on any atom is 0.251 e. The van der Waals surface area contributed by atoms with E-state index in [1.165, 1.54) is 24.3 Å². The molecule has 3 N–H and O–H groups in total. The molecule has 1 aromatic rings. The second kappa shape index (κ2) is 5.74. The summed E-state index contributed by atoms with van der Waals surface area (Å²) in [5, 5.41) is 7.31. The first-order chi connectivity index (χ1) is 7.88. The fourth-order valence-electron chi connectivity index (χ4n) is 1.18. The van der Waals surface area contributed by atoms with E-state index in [9.17, 15) is 17.6 Å². The van der Waals surface area contributed by atoms with Crippen LogP contribution in [0.4, 0.5) is 4.39 Å². The number of halogens is 1. The molecule has 0 saturated heterocycles. The molecule has 0 fully saturated rings. The van der Waals surface area contributed by atoms with Crippen molar-refractivity contribution in [3.8, 4) is 0 Å². The van der Waals surface area contributed by atoms with Gasteiger partial charge in [-0.3, -0.25) is 4.79 Å². The van der Waals surface area contributed by atoms with Crippen LogP contribution in [0, 0.1) is 5.82 Å². The number of primary sulfonamides is 1. The Bertz CT molecular complexity index is 485. The Morgan fingerprint density at radius 2 is 1.88 bits per heavy atom. The Hall–Kier alpha value is -1.47. The Morgan fingerprint density at radius 1 is 1.29 bits per heavy atom. The predicted octanol–water partition coefficient (Wildman–Crippen LogP) is 0.234. The Kier molecular flexibility index (Phi) is 4.59. The first-order valence-corrected chi connectivity index (χ1v) is 6.64. The number of nitrogens with two attached hydrogens (primary N) is 1. The molecule has 0 aromatic heterocycles. The molecule has 1 rings (SSSR count). The van der Waals surface area contributed by atoms with Crippen molar-refractivity contribution in [2.45, 2.75) is 6.42 Å². The van der Waals surface area contributed by atoms with Crippen LogP contribution in [0.1, 0.15) is 16.8 Å². The molecule has 7 heteroatoms. The summed E-state index contributed by atoms with van der Waals surface area (Å²) in [4.78, 5) is 11.5. The molecule has 1 amide bonds. The molecule has 0 radical (unpaired) electrons. The summed E-state index contributed by atoms with van der Waals surface area (Å²) in [7, 11) is -3.49. The first kappa shape index (κ1) is 13.6. The Morgan fingerprint density at radius 3 is 2.41 bits per heavy atom. The van der Waals surface area contributed by atoms with Crippen molar-refractivity contribution in [2.24, 2.45) is 5.14 Å². The molecule has 5 nitrogen and oxygen atoms in total. The van der Waals surface area contributed by atoms with Gasteiger partial charge in [-0.25, -0.2) is 17.9 Å². The fraction of sp³-hybridized carbons (Fsp3) is 0.300. The molecular weight excluding hydrogens is 247 g/mol. The molecule has 0 heterocycles. The van der Waals surface area contributed by atoms with Crippen molar-refractivity contribution in [1.82, 2.24) is 5.32 Å². The van der Waals surface area contributed by atoms with Gasteiger partial charge in [-0.1, -0.05) is 0 Å². The van der Waals surface area contributed by atoms with Crippen LogP contribution < -0.4 is 10.5 Å². The van der Waals surface area contributed by atoms with Crippen LogP contribution in [-0.2, 0) is 10.0 Å². The molecule has 1 aromatic carbocycles. The van der Waals surface area contributed by atoms with Gasteiger partial charge in [-0.05, 0) is 30.7 Å².